The molecule has 4 aromatic rings. The molecule has 0 amide bonds. The van der Waals surface area contributed by atoms with Gasteiger partial charge in [-0.2, -0.15) is 5.10 Å². The van der Waals surface area contributed by atoms with E-state index in [-0.39, 0.29) is 31.5 Å². The minimum atomic E-state index is -0.497. The predicted octanol–water partition coefficient (Wildman–Crippen LogP) is 6.09. The van der Waals surface area contributed by atoms with Crippen LogP contribution < -0.4 is 18.9 Å². The Morgan fingerprint density at radius 2 is 1.54 bits per heavy atom. The summed E-state index contributed by atoms with van der Waals surface area (Å²) in [5, 5.41) is 4.93. The number of methoxy groups -OCH3 is 1. The number of benzene rings is 2. The Balaban J connectivity index is 2.10. The van der Waals surface area contributed by atoms with E-state index in [1.54, 1.807) is 25.0 Å². The molecular weight excluding hydrogens is 524 g/mol. The van der Waals surface area contributed by atoms with Gasteiger partial charge in [0.1, 0.15) is 12.7 Å². The average Bonchev–Trinajstić information content (AvgIpc) is 3.41. The van der Waals surface area contributed by atoms with Gasteiger partial charge in [0.25, 0.3) is 0 Å². The third-order valence-electron chi connectivity index (χ3n) is 5.92. The Morgan fingerprint density at radius 1 is 0.878 bits per heavy atom. The van der Waals surface area contributed by atoms with Gasteiger partial charge in [0.15, 0.2) is 23.0 Å². The fourth-order valence-electron chi connectivity index (χ4n) is 4.49. The maximum absolute atomic E-state index is 13.7. The van der Waals surface area contributed by atoms with Crippen molar-refractivity contribution in [2.24, 2.45) is 0 Å². The molecule has 0 aliphatic carbocycles. The smallest absolute Gasteiger partial charge is 0.340 e. The van der Waals surface area contributed by atoms with Gasteiger partial charge in [0, 0.05) is 17.0 Å². The normalized spacial score (nSPS) is 11.4. The third-order valence-corrected chi connectivity index (χ3v) is 5.92. The molecule has 0 spiro atoms. The van der Waals surface area contributed by atoms with Gasteiger partial charge in [-0.1, -0.05) is 6.07 Å². The largest absolute Gasteiger partial charge is 0.493 e. The Bertz CT molecular complexity index is 1500. The zero-order chi connectivity index (χ0) is 29.7. The van der Waals surface area contributed by atoms with E-state index in [1.807, 2.05) is 71.9 Å². The minimum absolute atomic E-state index is 0.0512. The first-order valence-corrected chi connectivity index (χ1v) is 13.8. The quantitative estimate of drug-likeness (QED) is 0.190. The second-order valence-electron chi connectivity index (χ2n) is 10.3. The van der Waals surface area contributed by atoms with Crippen LogP contribution in [0.5, 0.6) is 23.0 Å². The Kier molecular flexibility index (Phi) is 9.31. The zero-order valence-electron chi connectivity index (χ0n) is 24.9. The van der Waals surface area contributed by atoms with Crippen LogP contribution in [0.2, 0.25) is 0 Å². The molecular formula is C31H38N4O6. The molecule has 0 fully saturated rings. The zero-order valence-corrected chi connectivity index (χ0v) is 24.9. The van der Waals surface area contributed by atoms with Crippen molar-refractivity contribution in [3.8, 4) is 34.1 Å². The van der Waals surface area contributed by atoms with E-state index in [4.69, 9.17) is 28.7 Å². The van der Waals surface area contributed by atoms with Gasteiger partial charge in [-0.3, -0.25) is 0 Å². The number of aromatic nitrogens is 4. The second-order valence-corrected chi connectivity index (χ2v) is 10.3. The molecule has 0 atom stereocenters. The number of fused-ring (bicyclic) bond motifs is 1. The summed E-state index contributed by atoms with van der Waals surface area (Å²) < 4.78 is 31.2. The number of pyridine rings is 1. The maximum atomic E-state index is 13.7. The first kappa shape index (κ1) is 29.6. The number of hydrogen-bond donors (Lipinski definition) is 0. The fraction of sp³-hybridized carbons (Fsp3) is 0.419. The van der Waals surface area contributed by atoms with Crippen LogP contribution in [-0.2, 0) is 11.3 Å². The summed E-state index contributed by atoms with van der Waals surface area (Å²) in [6, 6.07) is 9.34. The minimum Gasteiger partial charge on any atom is -0.493 e. The van der Waals surface area contributed by atoms with Crippen molar-refractivity contribution in [1.29, 1.82) is 0 Å². The van der Waals surface area contributed by atoms with E-state index in [1.165, 1.54) is 6.33 Å². The molecule has 4 rings (SSSR count). The van der Waals surface area contributed by atoms with Gasteiger partial charge in [0.05, 0.1) is 55.3 Å². The van der Waals surface area contributed by atoms with Gasteiger partial charge in [-0.25, -0.2) is 19.4 Å². The number of rotatable bonds is 12. The SMILES string of the molecule is CCOC(=O)c1c(Cn2cncn2)nc2cc(OC)c(OC(C)C)cc2c1-c1ccc(OC(C)C)c(OC(C)C)c1. The number of nitrogens with zero attached hydrogens (tertiary/aromatic N) is 4. The van der Waals surface area contributed by atoms with Gasteiger partial charge < -0.3 is 23.7 Å². The lowest BCUT2D eigenvalue weighted by atomic mass is 9.93. The van der Waals surface area contributed by atoms with Crippen LogP contribution in [0.3, 0.4) is 0 Å². The van der Waals surface area contributed by atoms with Crippen LogP contribution in [0.15, 0.2) is 43.0 Å². The third kappa shape index (κ3) is 6.87. The lowest BCUT2D eigenvalue weighted by Crippen LogP contribution is -2.16. The highest BCUT2D eigenvalue weighted by Gasteiger charge is 2.26. The molecule has 0 aliphatic rings. The Hall–Kier alpha value is -4.34. The molecule has 41 heavy (non-hydrogen) atoms. The van der Waals surface area contributed by atoms with Crippen molar-refractivity contribution < 1.29 is 28.5 Å². The summed E-state index contributed by atoms with van der Waals surface area (Å²) in [6.45, 7) is 13.9. The molecule has 2 aromatic carbocycles. The molecule has 0 N–H and O–H groups in total. The molecule has 0 bridgehead atoms. The van der Waals surface area contributed by atoms with Crippen LogP contribution in [0.1, 0.15) is 64.5 Å². The summed E-state index contributed by atoms with van der Waals surface area (Å²) in [7, 11) is 1.58. The van der Waals surface area contributed by atoms with E-state index < -0.39 is 5.97 Å². The van der Waals surface area contributed by atoms with Crippen molar-refractivity contribution in [3.05, 3.63) is 54.2 Å². The molecule has 0 unspecified atom stereocenters. The van der Waals surface area contributed by atoms with Crippen molar-refractivity contribution in [3.63, 3.8) is 0 Å². The molecule has 0 saturated heterocycles. The lowest BCUT2D eigenvalue weighted by Gasteiger charge is -2.21. The van der Waals surface area contributed by atoms with Crippen molar-refractivity contribution in [1.82, 2.24) is 19.7 Å². The van der Waals surface area contributed by atoms with Gasteiger partial charge in [-0.15, -0.1) is 0 Å². The van der Waals surface area contributed by atoms with Crippen LogP contribution in [0.25, 0.3) is 22.0 Å². The van der Waals surface area contributed by atoms with E-state index >= 15 is 0 Å². The molecule has 0 radical (unpaired) electrons. The standard InChI is InChI=1S/C31H38N4O6/c1-9-38-31(36)30-24(15-35-17-32-16-33-35)34-23-14-26(37-8)28(41-20(6)7)13-22(23)29(30)21-10-11-25(39-18(2)3)27(12-21)40-19(4)5/h10-14,16-20H,9,15H2,1-8H3. The molecule has 0 saturated carbocycles. The fourth-order valence-corrected chi connectivity index (χ4v) is 4.49. The van der Waals surface area contributed by atoms with E-state index in [2.05, 4.69) is 10.1 Å². The second kappa shape index (κ2) is 12.9. The van der Waals surface area contributed by atoms with Crippen molar-refractivity contribution in [2.45, 2.75) is 73.3 Å². The first-order valence-electron chi connectivity index (χ1n) is 13.8. The Morgan fingerprint density at radius 3 is 2.12 bits per heavy atom. The number of carbonyl (C=O) groups excluding carboxylic acids is 1. The summed E-state index contributed by atoms with van der Waals surface area (Å²) in [5.41, 5.74) is 2.77. The van der Waals surface area contributed by atoms with Crippen molar-refractivity contribution >= 4 is 16.9 Å². The maximum Gasteiger partial charge on any atom is 0.340 e. The summed E-state index contributed by atoms with van der Waals surface area (Å²) >= 11 is 0. The topological polar surface area (TPSA) is 107 Å². The van der Waals surface area contributed by atoms with Gasteiger partial charge in [-0.05, 0) is 72.2 Å². The highest BCUT2D eigenvalue weighted by Crippen LogP contribution is 2.42. The number of carbonyl (C=O) groups is 1. The number of ether oxygens (including phenoxy) is 5. The molecule has 0 aliphatic heterocycles. The highest BCUT2D eigenvalue weighted by molar-refractivity contribution is 6.08. The van der Waals surface area contributed by atoms with E-state index in [0.29, 0.717) is 50.7 Å². The highest BCUT2D eigenvalue weighted by atomic mass is 16.5. The average molecular weight is 563 g/mol. The number of esters is 1. The molecule has 10 nitrogen and oxygen atoms in total. The summed E-state index contributed by atoms with van der Waals surface area (Å²) in [4.78, 5) is 22.6. The molecule has 218 valence electrons. The van der Waals surface area contributed by atoms with Crippen LogP contribution in [0, 0.1) is 0 Å². The summed E-state index contributed by atoms with van der Waals surface area (Å²) in [6.07, 6.45) is 2.76. The first-order chi connectivity index (χ1) is 19.6. The molecule has 10 heteroatoms. The van der Waals surface area contributed by atoms with Crippen LogP contribution >= 0.6 is 0 Å². The molecule has 2 aromatic heterocycles. The van der Waals surface area contributed by atoms with Gasteiger partial charge in [0.2, 0.25) is 0 Å². The molecule has 2 heterocycles. The Labute approximate surface area is 240 Å². The van der Waals surface area contributed by atoms with Gasteiger partial charge >= 0.3 is 5.97 Å². The summed E-state index contributed by atoms with van der Waals surface area (Å²) in [5.74, 6) is 1.75. The van der Waals surface area contributed by atoms with E-state index in [9.17, 15) is 4.79 Å². The van der Waals surface area contributed by atoms with E-state index in [0.717, 1.165) is 5.56 Å². The van der Waals surface area contributed by atoms with Crippen LogP contribution in [-0.4, -0.2) is 57.7 Å². The predicted molar refractivity (Wildman–Crippen MR) is 156 cm³/mol. The lowest BCUT2D eigenvalue weighted by molar-refractivity contribution is 0.0525. The van der Waals surface area contributed by atoms with Crippen molar-refractivity contribution in [2.75, 3.05) is 13.7 Å². The monoisotopic (exact) mass is 562 g/mol. The number of hydrogen-bond acceptors (Lipinski definition) is 9. The van der Waals surface area contributed by atoms with Crippen LogP contribution in [0.4, 0.5) is 0 Å².